The van der Waals surface area contributed by atoms with Crippen molar-refractivity contribution in [1.29, 1.82) is 0 Å². The van der Waals surface area contributed by atoms with Gasteiger partial charge >= 0.3 is 0 Å². The molecule has 96 valence electrons. The summed E-state index contributed by atoms with van der Waals surface area (Å²) >= 11 is 0. The minimum Gasteiger partial charge on any atom is -0.495 e. The first-order valence-electron chi connectivity index (χ1n) is 4.92. The third-order valence-corrected chi connectivity index (χ3v) is 2.84. The van der Waals surface area contributed by atoms with Gasteiger partial charge in [0.2, 0.25) is 0 Å². The molecule has 6 nitrogen and oxygen atoms in total. The van der Waals surface area contributed by atoms with Crippen LogP contribution in [-0.4, -0.2) is 43.6 Å². The number of anilines is 1. The number of methoxy groups -OCH3 is 1. The van der Waals surface area contributed by atoms with E-state index in [1.54, 1.807) is 24.3 Å². The molecule has 0 aliphatic carbocycles. The standard InChI is InChI=1S/C10H15NO5S/c1-16-10-5-3-2-4-9(10)11-6-8(12)7-17(13,14)15/h2-5,8,11-12H,6-7H2,1H3,(H,13,14,15). The van der Waals surface area contributed by atoms with E-state index in [-0.39, 0.29) is 6.54 Å². The zero-order valence-electron chi connectivity index (χ0n) is 9.33. The number of ether oxygens (including phenoxy) is 1. The predicted molar refractivity (Wildman–Crippen MR) is 63.9 cm³/mol. The molecule has 0 saturated carbocycles. The van der Waals surface area contributed by atoms with Crippen molar-refractivity contribution in [2.45, 2.75) is 6.10 Å². The highest BCUT2D eigenvalue weighted by atomic mass is 32.2. The lowest BCUT2D eigenvalue weighted by molar-refractivity contribution is 0.208. The van der Waals surface area contributed by atoms with Gasteiger partial charge in [-0.05, 0) is 12.1 Å². The first-order valence-corrected chi connectivity index (χ1v) is 6.53. The van der Waals surface area contributed by atoms with Gasteiger partial charge in [-0.2, -0.15) is 8.42 Å². The van der Waals surface area contributed by atoms with Crippen LogP contribution in [0.4, 0.5) is 5.69 Å². The van der Waals surface area contributed by atoms with Gasteiger partial charge in [-0.3, -0.25) is 4.55 Å². The van der Waals surface area contributed by atoms with Crippen molar-refractivity contribution in [2.24, 2.45) is 0 Å². The van der Waals surface area contributed by atoms with Crippen molar-refractivity contribution in [3.05, 3.63) is 24.3 Å². The van der Waals surface area contributed by atoms with Crippen LogP contribution in [0.5, 0.6) is 5.75 Å². The molecule has 0 radical (unpaired) electrons. The first kappa shape index (κ1) is 13.8. The molecular weight excluding hydrogens is 246 g/mol. The van der Waals surface area contributed by atoms with E-state index < -0.39 is 22.0 Å². The topological polar surface area (TPSA) is 95.9 Å². The maximum absolute atomic E-state index is 10.5. The quantitative estimate of drug-likeness (QED) is 0.640. The van der Waals surface area contributed by atoms with Crippen LogP contribution < -0.4 is 10.1 Å². The molecule has 0 aliphatic heterocycles. The molecule has 0 amide bonds. The highest BCUT2D eigenvalue weighted by Gasteiger charge is 2.14. The fourth-order valence-corrected chi connectivity index (χ4v) is 1.92. The molecule has 0 aromatic heterocycles. The second-order valence-electron chi connectivity index (χ2n) is 3.48. The molecule has 3 N–H and O–H groups in total. The summed E-state index contributed by atoms with van der Waals surface area (Å²) in [6, 6.07) is 7.04. The minimum absolute atomic E-state index is 0.000162. The molecule has 1 aromatic rings. The summed E-state index contributed by atoms with van der Waals surface area (Å²) in [6.45, 7) is 0.000162. The first-order chi connectivity index (χ1) is 7.92. The van der Waals surface area contributed by atoms with E-state index in [1.807, 2.05) is 0 Å². The second kappa shape index (κ2) is 5.85. The summed E-state index contributed by atoms with van der Waals surface area (Å²) in [5, 5.41) is 12.2. The second-order valence-corrected chi connectivity index (χ2v) is 4.98. The van der Waals surface area contributed by atoms with Crippen LogP contribution in [0.2, 0.25) is 0 Å². The van der Waals surface area contributed by atoms with Crippen molar-refractivity contribution in [1.82, 2.24) is 0 Å². The number of para-hydroxylation sites is 2. The van der Waals surface area contributed by atoms with Gasteiger partial charge < -0.3 is 15.2 Å². The number of aliphatic hydroxyl groups excluding tert-OH is 1. The number of hydrogen-bond donors (Lipinski definition) is 3. The molecule has 0 saturated heterocycles. The third kappa shape index (κ3) is 5.03. The van der Waals surface area contributed by atoms with Crippen molar-refractivity contribution >= 4 is 15.8 Å². The number of aliphatic hydroxyl groups is 1. The van der Waals surface area contributed by atoms with Gasteiger partial charge in [-0.1, -0.05) is 12.1 Å². The summed E-state index contributed by atoms with van der Waals surface area (Å²) in [5.41, 5.74) is 0.643. The van der Waals surface area contributed by atoms with E-state index in [0.29, 0.717) is 11.4 Å². The number of benzene rings is 1. The smallest absolute Gasteiger partial charge is 0.267 e. The van der Waals surface area contributed by atoms with Gasteiger partial charge in [0.15, 0.2) is 0 Å². The Labute approximate surface area is 100.0 Å². The summed E-state index contributed by atoms with van der Waals surface area (Å²) < 4.78 is 34.7. The number of nitrogens with one attached hydrogen (secondary N) is 1. The van der Waals surface area contributed by atoms with Crippen LogP contribution in [0.1, 0.15) is 0 Å². The fourth-order valence-electron chi connectivity index (χ4n) is 1.32. The Hall–Kier alpha value is -1.31. The lowest BCUT2D eigenvalue weighted by Gasteiger charge is -2.13. The maximum Gasteiger partial charge on any atom is 0.267 e. The Kier molecular flexibility index (Phi) is 4.73. The SMILES string of the molecule is COc1ccccc1NCC(O)CS(=O)(=O)O. The van der Waals surface area contributed by atoms with E-state index in [9.17, 15) is 13.5 Å². The van der Waals surface area contributed by atoms with Crippen LogP contribution in [-0.2, 0) is 10.1 Å². The van der Waals surface area contributed by atoms with Crippen LogP contribution in [0.3, 0.4) is 0 Å². The maximum atomic E-state index is 10.5. The molecule has 1 aromatic carbocycles. The zero-order chi connectivity index (χ0) is 12.9. The highest BCUT2D eigenvalue weighted by Crippen LogP contribution is 2.22. The van der Waals surface area contributed by atoms with Gasteiger partial charge in [0.1, 0.15) is 11.5 Å². The Morgan fingerprint density at radius 1 is 1.41 bits per heavy atom. The molecule has 1 rings (SSSR count). The number of rotatable bonds is 6. The molecule has 17 heavy (non-hydrogen) atoms. The van der Waals surface area contributed by atoms with Crippen LogP contribution in [0.25, 0.3) is 0 Å². The average molecular weight is 261 g/mol. The van der Waals surface area contributed by atoms with E-state index in [0.717, 1.165) is 0 Å². The molecule has 0 spiro atoms. The Balaban J connectivity index is 2.55. The summed E-state index contributed by atoms with van der Waals surface area (Å²) in [7, 11) is -2.66. The summed E-state index contributed by atoms with van der Waals surface area (Å²) in [6.07, 6.45) is -1.19. The van der Waals surface area contributed by atoms with Gasteiger partial charge in [-0.25, -0.2) is 0 Å². The monoisotopic (exact) mass is 261 g/mol. The highest BCUT2D eigenvalue weighted by molar-refractivity contribution is 7.85. The van der Waals surface area contributed by atoms with Crippen molar-refractivity contribution in [2.75, 3.05) is 24.7 Å². The van der Waals surface area contributed by atoms with Crippen molar-refractivity contribution in [3.8, 4) is 5.75 Å². The normalized spacial score (nSPS) is 13.1. The van der Waals surface area contributed by atoms with E-state index in [4.69, 9.17) is 9.29 Å². The average Bonchev–Trinajstić information content (AvgIpc) is 2.24. The van der Waals surface area contributed by atoms with E-state index in [1.165, 1.54) is 7.11 Å². The van der Waals surface area contributed by atoms with Crippen LogP contribution in [0.15, 0.2) is 24.3 Å². The van der Waals surface area contributed by atoms with Crippen molar-refractivity contribution < 1.29 is 22.8 Å². The molecule has 7 heteroatoms. The Bertz CT molecular complexity index is 460. The lowest BCUT2D eigenvalue weighted by Crippen LogP contribution is -2.27. The van der Waals surface area contributed by atoms with Gasteiger partial charge in [0.05, 0.1) is 18.9 Å². The Morgan fingerprint density at radius 3 is 2.65 bits per heavy atom. The lowest BCUT2D eigenvalue weighted by atomic mass is 10.3. The van der Waals surface area contributed by atoms with Gasteiger partial charge in [0, 0.05) is 6.54 Å². The van der Waals surface area contributed by atoms with Gasteiger partial charge in [-0.15, -0.1) is 0 Å². The van der Waals surface area contributed by atoms with Crippen molar-refractivity contribution in [3.63, 3.8) is 0 Å². The van der Waals surface area contributed by atoms with Gasteiger partial charge in [0.25, 0.3) is 10.1 Å². The van der Waals surface area contributed by atoms with E-state index in [2.05, 4.69) is 5.32 Å². The molecular formula is C10H15NO5S. The molecule has 0 bridgehead atoms. The summed E-state index contributed by atoms with van der Waals surface area (Å²) in [4.78, 5) is 0. The summed E-state index contributed by atoms with van der Waals surface area (Å²) in [5.74, 6) is -0.110. The third-order valence-electron chi connectivity index (χ3n) is 2.04. The van der Waals surface area contributed by atoms with Crippen LogP contribution >= 0.6 is 0 Å². The minimum atomic E-state index is -4.16. The molecule has 1 atom stereocenters. The van der Waals surface area contributed by atoms with E-state index >= 15 is 0 Å². The van der Waals surface area contributed by atoms with Crippen LogP contribution in [0, 0.1) is 0 Å². The molecule has 0 heterocycles. The zero-order valence-corrected chi connectivity index (χ0v) is 10.1. The largest absolute Gasteiger partial charge is 0.495 e. The Morgan fingerprint density at radius 2 is 2.06 bits per heavy atom. The fraction of sp³-hybridized carbons (Fsp3) is 0.400. The molecule has 0 aliphatic rings. The molecule has 0 fully saturated rings. The number of hydrogen-bond acceptors (Lipinski definition) is 5. The molecule has 1 unspecified atom stereocenters. The predicted octanol–water partition coefficient (Wildman–Crippen LogP) is 0.356.